The van der Waals surface area contributed by atoms with Gasteiger partial charge < -0.3 is 4.74 Å². The average molecular weight is 336 g/mol. The second-order valence-electron chi connectivity index (χ2n) is 5.60. The quantitative estimate of drug-likeness (QED) is 0.562. The summed E-state index contributed by atoms with van der Waals surface area (Å²) in [6, 6.07) is 7.96. The lowest BCUT2D eigenvalue weighted by molar-refractivity contribution is -0.134. The number of Topliss-reactive ketones (excluding diaryl/α,β-unsaturated/α-hetero) is 1. The van der Waals surface area contributed by atoms with Gasteiger partial charge >= 0.3 is 5.97 Å². The number of benzene rings is 1. The van der Waals surface area contributed by atoms with Crippen molar-refractivity contribution in [3.8, 4) is 0 Å². The summed E-state index contributed by atoms with van der Waals surface area (Å²) < 4.78 is 29.1. The summed E-state index contributed by atoms with van der Waals surface area (Å²) >= 11 is 0. The van der Waals surface area contributed by atoms with Crippen molar-refractivity contribution in [1.82, 2.24) is 0 Å². The number of allylic oxidation sites excluding steroid dienone is 1. The maximum Gasteiger partial charge on any atom is 0.330 e. The van der Waals surface area contributed by atoms with Gasteiger partial charge in [-0.15, -0.1) is 0 Å². The summed E-state index contributed by atoms with van der Waals surface area (Å²) in [6.07, 6.45) is 3.71. The fourth-order valence-electron chi connectivity index (χ4n) is 2.89. The third-order valence-electron chi connectivity index (χ3n) is 4.16. The van der Waals surface area contributed by atoms with Gasteiger partial charge in [0.05, 0.1) is 12.0 Å². The zero-order valence-electron chi connectivity index (χ0n) is 13.1. The van der Waals surface area contributed by atoms with E-state index in [1.807, 2.05) is 6.92 Å². The molecule has 1 aliphatic rings. The zero-order valence-corrected chi connectivity index (χ0v) is 14.0. The number of sulfone groups is 1. The molecule has 1 aliphatic carbocycles. The number of hydrogen-bond acceptors (Lipinski definition) is 5. The molecule has 0 saturated heterocycles. The number of carbonyl (C=O) groups excluding carboxylic acids is 2. The molecule has 0 spiro atoms. The van der Waals surface area contributed by atoms with Crippen molar-refractivity contribution in [1.29, 1.82) is 0 Å². The summed E-state index contributed by atoms with van der Waals surface area (Å²) in [5.41, 5.74) is 0. The number of rotatable bonds is 7. The van der Waals surface area contributed by atoms with Gasteiger partial charge in [-0.25, -0.2) is 13.2 Å². The Morgan fingerprint density at radius 3 is 2.43 bits per heavy atom. The molecule has 2 rings (SSSR count). The van der Waals surface area contributed by atoms with Gasteiger partial charge in [-0.1, -0.05) is 37.6 Å². The number of carbonyl (C=O) groups is 2. The molecular formula is C17H20O5S. The molecule has 0 radical (unpaired) electrons. The highest BCUT2D eigenvalue weighted by Gasteiger charge is 2.52. The third-order valence-corrected chi connectivity index (χ3v) is 5.82. The Bertz CT molecular complexity index is 706. The maximum absolute atomic E-state index is 12.4. The van der Waals surface area contributed by atoms with Gasteiger partial charge in [0.2, 0.25) is 0 Å². The molecule has 0 aromatic heterocycles. The predicted octanol–water partition coefficient (Wildman–Crippen LogP) is 2.03. The Kier molecular flexibility index (Phi) is 5.36. The Balaban J connectivity index is 2.06. The van der Waals surface area contributed by atoms with Crippen LogP contribution in [0.1, 0.15) is 13.3 Å². The molecule has 124 valence electrons. The molecule has 0 bridgehead atoms. The Hall–Kier alpha value is -1.95. The molecule has 0 amide bonds. The van der Waals surface area contributed by atoms with Gasteiger partial charge in [0.25, 0.3) is 0 Å². The smallest absolute Gasteiger partial charge is 0.330 e. The first kappa shape index (κ1) is 17.4. The minimum atomic E-state index is -3.62. The minimum absolute atomic E-state index is 0.0856. The van der Waals surface area contributed by atoms with E-state index in [0.717, 1.165) is 6.42 Å². The van der Waals surface area contributed by atoms with Crippen molar-refractivity contribution in [3.63, 3.8) is 0 Å². The predicted molar refractivity (Wildman–Crippen MR) is 85.4 cm³/mol. The van der Waals surface area contributed by atoms with Gasteiger partial charge in [0, 0.05) is 12.0 Å². The molecule has 6 heteroatoms. The summed E-state index contributed by atoms with van der Waals surface area (Å²) in [5, 5.41) is 0. The fourth-order valence-corrected chi connectivity index (χ4v) is 4.20. The average Bonchev–Trinajstić information content (AvgIpc) is 3.26. The summed E-state index contributed by atoms with van der Waals surface area (Å²) in [5.74, 6) is -1.60. The van der Waals surface area contributed by atoms with Crippen LogP contribution >= 0.6 is 0 Å². The first-order chi connectivity index (χ1) is 10.9. The van der Waals surface area contributed by atoms with Crippen LogP contribution in [0, 0.1) is 17.8 Å². The van der Waals surface area contributed by atoms with E-state index < -0.39 is 21.6 Å². The summed E-state index contributed by atoms with van der Waals surface area (Å²) in [4.78, 5) is 23.7. The highest BCUT2D eigenvalue weighted by atomic mass is 32.2. The maximum atomic E-state index is 12.4. The van der Waals surface area contributed by atoms with Gasteiger partial charge in [0.15, 0.2) is 15.6 Å². The lowest BCUT2D eigenvalue weighted by Crippen LogP contribution is -2.18. The molecule has 0 unspecified atom stereocenters. The van der Waals surface area contributed by atoms with Crippen molar-refractivity contribution in [3.05, 3.63) is 42.5 Å². The first-order valence-electron chi connectivity index (χ1n) is 7.47. The van der Waals surface area contributed by atoms with E-state index in [4.69, 9.17) is 0 Å². The number of esters is 1. The molecule has 5 nitrogen and oxygen atoms in total. The molecule has 23 heavy (non-hydrogen) atoms. The van der Waals surface area contributed by atoms with E-state index in [1.165, 1.54) is 25.3 Å². The largest absolute Gasteiger partial charge is 0.466 e. The number of methoxy groups -OCH3 is 1. The minimum Gasteiger partial charge on any atom is -0.466 e. The second-order valence-corrected chi connectivity index (χ2v) is 7.59. The van der Waals surface area contributed by atoms with Crippen molar-refractivity contribution < 1.29 is 22.7 Å². The van der Waals surface area contributed by atoms with E-state index >= 15 is 0 Å². The van der Waals surface area contributed by atoms with Crippen molar-refractivity contribution in [2.24, 2.45) is 17.8 Å². The van der Waals surface area contributed by atoms with Gasteiger partial charge in [-0.05, 0) is 24.0 Å². The molecule has 1 saturated carbocycles. The highest BCUT2D eigenvalue weighted by molar-refractivity contribution is 7.92. The first-order valence-corrected chi connectivity index (χ1v) is 9.12. The van der Waals surface area contributed by atoms with Gasteiger partial charge in [-0.2, -0.15) is 0 Å². The van der Waals surface area contributed by atoms with Crippen LogP contribution in [0.5, 0.6) is 0 Å². The molecule has 0 heterocycles. The van der Waals surface area contributed by atoms with E-state index in [2.05, 4.69) is 4.74 Å². The molecule has 1 aromatic carbocycles. The van der Waals surface area contributed by atoms with Crippen LogP contribution in [0.4, 0.5) is 0 Å². The highest BCUT2D eigenvalue weighted by Crippen LogP contribution is 2.50. The molecular weight excluding hydrogens is 316 g/mol. The molecule has 0 N–H and O–H groups in total. The molecule has 1 aromatic rings. The summed E-state index contributed by atoms with van der Waals surface area (Å²) in [7, 11) is -2.34. The summed E-state index contributed by atoms with van der Waals surface area (Å²) in [6.45, 7) is 1.95. The van der Waals surface area contributed by atoms with Crippen LogP contribution in [0.2, 0.25) is 0 Å². The van der Waals surface area contributed by atoms with E-state index in [1.54, 1.807) is 24.3 Å². The normalized spacial score (nSPS) is 23.7. The van der Waals surface area contributed by atoms with Gasteiger partial charge in [0.1, 0.15) is 5.75 Å². The van der Waals surface area contributed by atoms with E-state index in [-0.39, 0.29) is 28.4 Å². The Labute approximate surface area is 136 Å². The van der Waals surface area contributed by atoms with Crippen LogP contribution in [-0.4, -0.2) is 33.0 Å². The molecule has 1 fully saturated rings. The molecule has 3 atom stereocenters. The van der Waals surface area contributed by atoms with Crippen molar-refractivity contribution >= 4 is 21.6 Å². The Morgan fingerprint density at radius 1 is 1.22 bits per heavy atom. The van der Waals surface area contributed by atoms with Crippen LogP contribution in [0.25, 0.3) is 0 Å². The number of ketones is 1. The van der Waals surface area contributed by atoms with Crippen LogP contribution < -0.4 is 0 Å². The fraction of sp³-hybridized carbons (Fsp3) is 0.412. The van der Waals surface area contributed by atoms with E-state index in [9.17, 15) is 18.0 Å². The third kappa shape index (κ3) is 4.07. The van der Waals surface area contributed by atoms with Crippen molar-refractivity contribution in [2.45, 2.75) is 18.2 Å². The monoisotopic (exact) mass is 336 g/mol. The van der Waals surface area contributed by atoms with E-state index in [0.29, 0.717) is 0 Å². The van der Waals surface area contributed by atoms with Crippen LogP contribution in [0.15, 0.2) is 47.4 Å². The zero-order chi connectivity index (χ0) is 17.0. The van der Waals surface area contributed by atoms with Gasteiger partial charge in [-0.3, -0.25) is 4.79 Å². The SMILES string of the molecule is CC[C@@H]1[C@H](/C=C\C(=O)OC)[C@H]1C(=O)CS(=O)(=O)c1ccccc1. The van der Waals surface area contributed by atoms with Crippen molar-refractivity contribution in [2.75, 3.05) is 12.9 Å². The standard InChI is InChI=1S/C17H20O5S/c1-3-13-14(9-10-16(19)22-2)17(13)15(18)11-23(20,21)12-7-5-4-6-8-12/h4-10,13-14,17H,3,11H2,1-2H3/b10-9-/t13-,14+,17+/m1/s1. The Morgan fingerprint density at radius 2 is 1.87 bits per heavy atom. The number of ether oxygens (including phenoxy) is 1. The number of hydrogen-bond donors (Lipinski definition) is 0. The molecule has 0 aliphatic heterocycles. The topological polar surface area (TPSA) is 77.5 Å². The lowest BCUT2D eigenvalue weighted by atomic mass is 10.2. The second kappa shape index (κ2) is 7.08. The van der Waals surface area contributed by atoms with Crippen LogP contribution in [0.3, 0.4) is 0 Å². The lowest BCUT2D eigenvalue weighted by Gasteiger charge is -2.03. The van der Waals surface area contributed by atoms with Crippen LogP contribution in [-0.2, 0) is 24.2 Å².